The largest absolute Gasteiger partial charge is 0.490 e. The molecule has 11 heteroatoms. The molecule has 8 rings (SSSR count). The molecule has 2 saturated heterocycles. The Hall–Kier alpha value is -2.37. The van der Waals surface area contributed by atoms with Crippen LogP contribution in [0.15, 0.2) is 36.4 Å². The minimum Gasteiger partial charge on any atom is -0.490 e. The molecule has 9 atom stereocenters. The van der Waals surface area contributed by atoms with Crippen molar-refractivity contribution in [2.24, 2.45) is 23.7 Å². The van der Waals surface area contributed by atoms with E-state index in [2.05, 4.69) is 33.7 Å². The molecule has 2 aromatic carbocycles. The second-order valence-electron chi connectivity index (χ2n) is 16.0. The molecule has 2 aliphatic carbocycles. The van der Waals surface area contributed by atoms with E-state index in [9.17, 15) is 13.2 Å². The van der Waals surface area contributed by atoms with Crippen molar-refractivity contribution in [3.8, 4) is 5.75 Å². The van der Waals surface area contributed by atoms with Crippen LogP contribution in [0.3, 0.4) is 0 Å². The highest BCUT2D eigenvalue weighted by molar-refractivity contribution is 7.90. The Balaban J connectivity index is 1.17. The molecule has 1 N–H and O–H groups in total. The van der Waals surface area contributed by atoms with Gasteiger partial charge in [0.25, 0.3) is 5.91 Å². The number of amides is 1. The third kappa shape index (κ3) is 6.28. The van der Waals surface area contributed by atoms with Crippen molar-refractivity contribution >= 4 is 33.2 Å². The van der Waals surface area contributed by atoms with Crippen LogP contribution in [0.4, 0.5) is 5.69 Å². The van der Waals surface area contributed by atoms with Crippen LogP contribution in [0.5, 0.6) is 5.75 Å². The van der Waals surface area contributed by atoms with E-state index in [1.807, 2.05) is 25.1 Å². The van der Waals surface area contributed by atoms with Gasteiger partial charge in [0.1, 0.15) is 18.0 Å². The van der Waals surface area contributed by atoms with Gasteiger partial charge < -0.3 is 24.0 Å². The second kappa shape index (κ2) is 13.0. The Morgan fingerprint density at radius 2 is 1.73 bits per heavy atom. The average Bonchev–Trinajstić information content (AvgIpc) is 3.56. The van der Waals surface area contributed by atoms with Crippen LogP contribution >= 0.6 is 11.6 Å². The SMILES string of the molecule is C[C@@H]1[C@@H](C)CCC[C@@H]([C@@H]2O[C@H]3CN(C)C[C@H]3O2)[C@@H]2CC[C@H]2CN2C[C@@]3(CCCc4cc(Cl)ccc43)COc3ccc(cc32)C(=O)NS1(=O)=O. The number of nitrogens with one attached hydrogen (secondary N) is 1. The van der Waals surface area contributed by atoms with Gasteiger partial charge in [0.15, 0.2) is 6.29 Å². The Morgan fingerprint density at radius 3 is 2.49 bits per heavy atom. The quantitative estimate of drug-likeness (QED) is 0.398. The highest BCUT2D eigenvalue weighted by Crippen LogP contribution is 2.50. The third-order valence-electron chi connectivity index (χ3n) is 12.9. The van der Waals surface area contributed by atoms with Crippen molar-refractivity contribution in [1.82, 2.24) is 9.62 Å². The molecule has 6 aliphatic rings. The van der Waals surface area contributed by atoms with Crippen LogP contribution in [0.2, 0.25) is 5.02 Å². The molecule has 266 valence electrons. The fraction of sp³-hybridized carbons (Fsp3) is 0.658. The smallest absolute Gasteiger partial charge is 0.264 e. The molecule has 4 aliphatic heterocycles. The topological polar surface area (TPSA) is 97.4 Å². The molecular weight excluding hydrogens is 662 g/mol. The van der Waals surface area contributed by atoms with Crippen LogP contribution in [0.25, 0.3) is 0 Å². The number of hydrogen-bond donors (Lipinski definition) is 1. The fourth-order valence-electron chi connectivity index (χ4n) is 9.74. The number of aryl methyl sites for hydroxylation is 1. The first-order valence-electron chi connectivity index (χ1n) is 18.4. The van der Waals surface area contributed by atoms with E-state index in [0.29, 0.717) is 24.0 Å². The van der Waals surface area contributed by atoms with Crippen molar-refractivity contribution in [2.45, 2.75) is 94.4 Å². The fourth-order valence-corrected chi connectivity index (χ4v) is 11.2. The zero-order chi connectivity index (χ0) is 34.1. The first kappa shape index (κ1) is 33.8. The van der Waals surface area contributed by atoms with Gasteiger partial charge in [0.2, 0.25) is 10.0 Å². The van der Waals surface area contributed by atoms with Crippen LogP contribution in [0.1, 0.15) is 80.3 Å². The van der Waals surface area contributed by atoms with Gasteiger partial charge in [-0.25, -0.2) is 13.1 Å². The van der Waals surface area contributed by atoms with Gasteiger partial charge in [0, 0.05) is 48.1 Å². The van der Waals surface area contributed by atoms with Gasteiger partial charge in [-0.15, -0.1) is 0 Å². The van der Waals surface area contributed by atoms with Gasteiger partial charge >= 0.3 is 0 Å². The molecule has 2 bridgehead atoms. The van der Waals surface area contributed by atoms with E-state index in [-0.39, 0.29) is 35.7 Å². The van der Waals surface area contributed by atoms with E-state index in [0.717, 1.165) is 94.0 Å². The highest BCUT2D eigenvalue weighted by atomic mass is 35.5. The van der Waals surface area contributed by atoms with Gasteiger partial charge in [0.05, 0.1) is 17.5 Å². The maximum absolute atomic E-state index is 13.6. The van der Waals surface area contributed by atoms with Crippen molar-refractivity contribution in [2.75, 3.05) is 44.7 Å². The molecule has 4 heterocycles. The number of halogens is 1. The lowest BCUT2D eigenvalue weighted by Gasteiger charge is -2.47. The summed E-state index contributed by atoms with van der Waals surface area (Å²) in [5.74, 6) is 1.11. The van der Waals surface area contributed by atoms with Gasteiger partial charge in [-0.2, -0.15) is 0 Å². The van der Waals surface area contributed by atoms with Crippen molar-refractivity contribution in [1.29, 1.82) is 0 Å². The van der Waals surface area contributed by atoms with Crippen LogP contribution in [0, 0.1) is 23.7 Å². The molecule has 1 spiro atoms. The molecule has 2 aromatic rings. The number of anilines is 1. The van der Waals surface area contributed by atoms with Gasteiger partial charge in [-0.1, -0.05) is 31.0 Å². The highest BCUT2D eigenvalue weighted by Gasteiger charge is 2.50. The number of carbonyl (C=O) groups excluding carboxylic acids is 1. The average molecular weight is 712 g/mol. The predicted octanol–water partition coefficient (Wildman–Crippen LogP) is 5.78. The summed E-state index contributed by atoms with van der Waals surface area (Å²) in [6.45, 7) is 7.56. The van der Waals surface area contributed by atoms with E-state index in [1.54, 1.807) is 13.0 Å². The molecule has 1 saturated carbocycles. The Morgan fingerprint density at radius 1 is 0.939 bits per heavy atom. The van der Waals surface area contributed by atoms with Crippen LogP contribution in [-0.4, -0.2) is 82.8 Å². The lowest BCUT2D eigenvalue weighted by Crippen LogP contribution is -2.50. The van der Waals surface area contributed by atoms with Gasteiger partial charge in [-0.3, -0.25) is 4.79 Å². The summed E-state index contributed by atoms with van der Waals surface area (Å²) in [6.07, 6.45) is 7.81. The number of nitrogens with zero attached hydrogens (tertiary/aromatic N) is 2. The molecule has 3 fully saturated rings. The minimum atomic E-state index is -3.90. The molecule has 0 unspecified atom stereocenters. The minimum absolute atomic E-state index is 0.106. The molecule has 0 aromatic heterocycles. The number of benzene rings is 2. The van der Waals surface area contributed by atoms with E-state index < -0.39 is 21.2 Å². The van der Waals surface area contributed by atoms with E-state index >= 15 is 0 Å². The summed E-state index contributed by atoms with van der Waals surface area (Å²) < 4.78 is 49.4. The standard InChI is InChI=1S/C38H50ClN3O6S/c1-23-6-4-8-30(37-47-34-19-41(3)20-35(34)48-37)29-12-9-27(29)18-42-21-38(15-5-7-25-16-28(39)11-13-31(25)38)22-46-33-14-10-26(17-32(33)42)36(43)40-49(44,45)24(23)2/h10-11,13-14,16-17,23-24,27,29-30,34-35,37H,4-9,12,15,18-22H2,1-3H3,(H,40,43)/t23-,24+,27-,29+,30+,34-,35+,37+,38-/m0/s1. The summed E-state index contributed by atoms with van der Waals surface area (Å²) in [6, 6.07) is 11.7. The Bertz CT molecular complexity index is 1690. The molecule has 1 amide bonds. The Kier molecular flexibility index (Phi) is 8.95. The number of carbonyl (C=O) groups is 1. The summed E-state index contributed by atoms with van der Waals surface area (Å²) in [7, 11) is -1.78. The maximum atomic E-state index is 13.6. The van der Waals surface area contributed by atoms with Gasteiger partial charge in [-0.05, 0) is 118 Å². The second-order valence-corrected chi connectivity index (χ2v) is 18.5. The number of hydrogen-bond acceptors (Lipinski definition) is 8. The summed E-state index contributed by atoms with van der Waals surface area (Å²) >= 11 is 6.48. The summed E-state index contributed by atoms with van der Waals surface area (Å²) in [5.41, 5.74) is 3.51. The summed E-state index contributed by atoms with van der Waals surface area (Å²) in [4.78, 5) is 18.3. The number of rotatable bonds is 1. The van der Waals surface area contributed by atoms with Crippen molar-refractivity contribution < 1.29 is 27.4 Å². The maximum Gasteiger partial charge on any atom is 0.264 e. The monoisotopic (exact) mass is 711 g/mol. The lowest BCUT2D eigenvalue weighted by molar-refractivity contribution is -0.146. The van der Waals surface area contributed by atoms with Crippen molar-refractivity contribution in [3.63, 3.8) is 0 Å². The van der Waals surface area contributed by atoms with E-state index in [1.165, 1.54) is 11.1 Å². The number of sulfonamides is 1. The molecule has 9 nitrogen and oxygen atoms in total. The normalized spacial score (nSPS) is 37.6. The van der Waals surface area contributed by atoms with Crippen molar-refractivity contribution in [3.05, 3.63) is 58.1 Å². The lowest BCUT2D eigenvalue weighted by atomic mass is 9.64. The molecular formula is C38H50ClN3O6S. The van der Waals surface area contributed by atoms with Crippen LogP contribution < -0.4 is 14.4 Å². The molecule has 49 heavy (non-hydrogen) atoms. The van der Waals surface area contributed by atoms with Crippen LogP contribution in [-0.2, 0) is 31.3 Å². The number of likely N-dealkylation sites (N-methyl/N-ethyl adjacent to an activating group) is 1. The number of ether oxygens (including phenoxy) is 3. The van der Waals surface area contributed by atoms with E-state index in [4.69, 9.17) is 25.8 Å². The third-order valence-corrected chi connectivity index (χ3v) is 15.0. The predicted molar refractivity (Wildman–Crippen MR) is 190 cm³/mol. The zero-order valence-corrected chi connectivity index (χ0v) is 30.5. The number of fused-ring (bicyclic) bond motifs is 5. The Labute approximate surface area is 296 Å². The summed E-state index contributed by atoms with van der Waals surface area (Å²) in [5, 5.41) is 0.0389. The molecule has 0 radical (unpaired) electrons. The first-order chi connectivity index (χ1) is 23.5. The zero-order valence-electron chi connectivity index (χ0n) is 28.9. The number of likely N-dealkylation sites (tertiary alicyclic amines) is 1. The first-order valence-corrected chi connectivity index (χ1v) is 20.3.